The van der Waals surface area contributed by atoms with Gasteiger partial charge in [-0.15, -0.1) is 0 Å². The number of nitrogens with zero attached hydrogens (tertiary/aromatic N) is 2. The topological polar surface area (TPSA) is 45.2 Å². The molecule has 4 nitrogen and oxygen atoms in total. The second-order valence-electron chi connectivity index (χ2n) is 5.11. The molecule has 1 aliphatic rings. The fourth-order valence-electron chi connectivity index (χ4n) is 2.75. The minimum Gasteiger partial charge on any atom is -0.368 e. The third kappa shape index (κ3) is 2.92. The number of rotatable bonds is 4. The molecule has 2 heterocycles. The smallest absolute Gasteiger partial charge is 0.257 e. The van der Waals surface area contributed by atoms with Crippen molar-refractivity contribution in [3.63, 3.8) is 0 Å². The average Bonchev–Trinajstić information content (AvgIpc) is 2.49. The number of carbonyl (C=O) groups excluding carboxylic acids is 1. The normalized spacial score (nSPS) is 18.9. The summed E-state index contributed by atoms with van der Waals surface area (Å²) in [6, 6.07) is 1.70. The maximum atomic E-state index is 14.3. The van der Waals surface area contributed by atoms with Crippen LogP contribution in [0.25, 0.3) is 0 Å². The zero-order valence-electron chi connectivity index (χ0n) is 12.2. The molecular weight excluding hydrogens is 257 g/mol. The van der Waals surface area contributed by atoms with E-state index in [-0.39, 0.29) is 23.3 Å². The summed E-state index contributed by atoms with van der Waals surface area (Å²) >= 11 is 0. The van der Waals surface area contributed by atoms with Gasteiger partial charge < -0.3 is 10.2 Å². The predicted octanol–water partition coefficient (Wildman–Crippen LogP) is 3.06. The van der Waals surface area contributed by atoms with Crippen molar-refractivity contribution in [3.8, 4) is 0 Å². The van der Waals surface area contributed by atoms with Crippen LogP contribution in [0.2, 0.25) is 0 Å². The van der Waals surface area contributed by atoms with Gasteiger partial charge in [-0.25, -0.2) is 9.37 Å². The van der Waals surface area contributed by atoms with Gasteiger partial charge in [0.05, 0.1) is 5.56 Å². The van der Waals surface area contributed by atoms with Gasteiger partial charge in [-0.1, -0.05) is 6.92 Å². The van der Waals surface area contributed by atoms with Crippen LogP contribution in [0.4, 0.5) is 10.2 Å². The van der Waals surface area contributed by atoms with Gasteiger partial charge in [0, 0.05) is 25.3 Å². The number of hydrogen-bond donors (Lipinski definition) is 1. The zero-order valence-corrected chi connectivity index (χ0v) is 12.2. The second-order valence-corrected chi connectivity index (χ2v) is 5.11. The molecule has 1 fully saturated rings. The molecule has 1 atom stereocenters. The molecule has 5 heteroatoms. The predicted molar refractivity (Wildman–Crippen MR) is 77.3 cm³/mol. The summed E-state index contributed by atoms with van der Waals surface area (Å²) in [6.45, 7) is 5.23. The number of nitrogens with one attached hydrogen (secondary N) is 1. The lowest BCUT2D eigenvalue weighted by atomic mass is 9.99. The van der Waals surface area contributed by atoms with Crippen LogP contribution in [0.1, 0.15) is 49.9 Å². The van der Waals surface area contributed by atoms with Gasteiger partial charge in [-0.2, -0.15) is 0 Å². The van der Waals surface area contributed by atoms with Crippen molar-refractivity contribution in [2.75, 3.05) is 18.4 Å². The second kappa shape index (κ2) is 6.68. The Morgan fingerprint density at radius 1 is 1.50 bits per heavy atom. The molecular formula is C15H22FN3O. The lowest BCUT2D eigenvalue weighted by Crippen LogP contribution is -2.43. The number of pyridine rings is 1. The highest BCUT2D eigenvalue weighted by atomic mass is 19.1. The number of hydrogen-bond acceptors (Lipinski definition) is 3. The van der Waals surface area contributed by atoms with Crippen molar-refractivity contribution in [3.05, 3.63) is 23.6 Å². The standard InChI is InChI=1S/C15H22FN3O/c1-3-11-7-5-6-10-19(11)15(20)12-8-9-18-14(13(12)16)17-4-2/h8-9,11H,3-7,10H2,1-2H3,(H,17,18). The van der Waals surface area contributed by atoms with E-state index in [0.29, 0.717) is 6.54 Å². The van der Waals surface area contributed by atoms with E-state index in [1.807, 2.05) is 11.8 Å². The van der Waals surface area contributed by atoms with E-state index in [0.717, 1.165) is 32.2 Å². The maximum Gasteiger partial charge on any atom is 0.257 e. The number of amides is 1. The highest BCUT2D eigenvalue weighted by Crippen LogP contribution is 2.24. The van der Waals surface area contributed by atoms with Crippen LogP contribution in [-0.2, 0) is 0 Å². The SMILES string of the molecule is CCNc1nccc(C(=O)N2CCCCC2CC)c1F. The summed E-state index contributed by atoms with van der Waals surface area (Å²) in [5, 5.41) is 2.84. The van der Waals surface area contributed by atoms with Gasteiger partial charge in [0.15, 0.2) is 11.6 Å². The summed E-state index contributed by atoms with van der Waals surface area (Å²) in [5.74, 6) is -0.598. The first-order chi connectivity index (χ1) is 9.69. The molecule has 1 unspecified atom stereocenters. The zero-order chi connectivity index (χ0) is 14.5. The van der Waals surface area contributed by atoms with Crippen LogP contribution in [-0.4, -0.2) is 34.9 Å². The average molecular weight is 279 g/mol. The summed E-state index contributed by atoms with van der Waals surface area (Å²) < 4.78 is 14.3. The molecule has 0 bridgehead atoms. The minimum atomic E-state index is -0.542. The van der Waals surface area contributed by atoms with Gasteiger partial charge in [-0.05, 0) is 38.7 Å². The quantitative estimate of drug-likeness (QED) is 0.921. The molecule has 1 amide bonds. The van der Waals surface area contributed by atoms with E-state index in [1.54, 1.807) is 0 Å². The van der Waals surface area contributed by atoms with Gasteiger partial charge in [0.2, 0.25) is 0 Å². The molecule has 110 valence electrons. The third-order valence-corrected chi connectivity index (χ3v) is 3.82. The maximum absolute atomic E-state index is 14.3. The lowest BCUT2D eigenvalue weighted by molar-refractivity contribution is 0.0603. The number of carbonyl (C=O) groups is 1. The van der Waals surface area contributed by atoms with Crippen molar-refractivity contribution >= 4 is 11.7 Å². The number of likely N-dealkylation sites (tertiary alicyclic amines) is 1. The van der Waals surface area contributed by atoms with Crippen LogP contribution < -0.4 is 5.32 Å². The van der Waals surface area contributed by atoms with Crippen LogP contribution in [0.3, 0.4) is 0 Å². The van der Waals surface area contributed by atoms with Crippen LogP contribution in [0.5, 0.6) is 0 Å². The van der Waals surface area contributed by atoms with Gasteiger partial charge in [0.1, 0.15) is 0 Å². The van der Waals surface area contributed by atoms with Crippen molar-refractivity contribution < 1.29 is 9.18 Å². The molecule has 0 radical (unpaired) electrons. The monoisotopic (exact) mass is 279 g/mol. The van der Waals surface area contributed by atoms with E-state index >= 15 is 0 Å². The van der Waals surface area contributed by atoms with Crippen molar-refractivity contribution in [2.45, 2.75) is 45.6 Å². The van der Waals surface area contributed by atoms with E-state index in [9.17, 15) is 9.18 Å². The van der Waals surface area contributed by atoms with E-state index in [4.69, 9.17) is 0 Å². The fourth-order valence-corrected chi connectivity index (χ4v) is 2.75. The van der Waals surface area contributed by atoms with E-state index < -0.39 is 5.82 Å². The minimum absolute atomic E-state index is 0.122. The Morgan fingerprint density at radius 3 is 3.00 bits per heavy atom. The molecule has 0 aromatic carbocycles. The van der Waals surface area contributed by atoms with Crippen molar-refractivity contribution in [2.24, 2.45) is 0 Å². The summed E-state index contributed by atoms with van der Waals surface area (Å²) in [4.78, 5) is 18.3. The Hall–Kier alpha value is -1.65. The Bertz CT molecular complexity index is 478. The Balaban J connectivity index is 2.26. The molecule has 20 heavy (non-hydrogen) atoms. The van der Waals surface area contributed by atoms with Gasteiger partial charge in [0.25, 0.3) is 5.91 Å². The molecule has 0 aliphatic carbocycles. The summed E-state index contributed by atoms with van der Waals surface area (Å²) in [6.07, 6.45) is 5.55. The first kappa shape index (κ1) is 14.8. The Morgan fingerprint density at radius 2 is 2.30 bits per heavy atom. The molecule has 1 aromatic heterocycles. The van der Waals surface area contributed by atoms with Crippen LogP contribution in [0.15, 0.2) is 12.3 Å². The van der Waals surface area contributed by atoms with Gasteiger partial charge in [-0.3, -0.25) is 4.79 Å². The number of anilines is 1. The summed E-state index contributed by atoms with van der Waals surface area (Å²) in [5.41, 5.74) is 0.122. The molecule has 1 aromatic rings. The molecule has 0 saturated carbocycles. The molecule has 2 rings (SSSR count). The van der Waals surface area contributed by atoms with Crippen LogP contribution in [0, 0.1) is 5.82 Å². The Kier molecular flexibility index (Phi) is 4.93. The van der Waals surface area contributed by atoms with Crippen molar-refractivity contribution in [1.29, 1.82) is 0 Å². The first-order valence-electron chi connectivity index (χ1n) is 7.38. The largest absolute Gasteiger partial charge is 0.368 e. The highest BCUT2D eigenvalue weighted by molar-refractivity contribution is 5.95. The number of piperidine rings is 1. The van der Waals surface area contributed by atoms with Gasteiger partial charge >= 0.3 is 0 Å². The summed E-state index contributed by atoms with van der Waals surface area (Å²) in [7, 11) is 0. The third-order valence-electron chi connectivity index (χ3n) is 3.82. The van der Waals surface area contributed by atoms with E-state index in [2.05, 4.69) is 17.2 Å². The number of halogens is 1. The van der Waals surface area contributed by atoms with E-state index in [1.165, 1.54) is 12.3 Å². The molecule has 1 N–H and O–H groups in total. The molecule has 1 aliphatic heterocycles. The number of aromatic nitrogens is 1. The van der Waals surface area contributed by atoms with Crippen LogP contribution >= 0.6 is 0 Å². The first-order valence-corrected chi connectivity index (χ1v) is 7.38. The molecule has 1 saturated heterocycles. The highest BCUT2D eigenvalue weighted by Gasteiger charge is 2.28. The Labute approximate surface area is 119 Å². The fraction of sp³-hybridized carbons (Fsp3) is 0.600. The molecule has 0 spiro atoms. The van der Waals surface area contributed by atoms with Crippen molar-refractivity contribution in [1.82, 2.24) is 9.88 Å². The lowest BCUT2D eigenvalue weighted by Gasteiger charge is -2.35.